The van der Waals surface area contributed by atoms with Gasteiger partial charge in [0.25, 0.3) is 0 Å². The SMILES string of the molecule is C[NH+]1CC[C@]23C4C5CCC(O)C4O[C@H]2C(=O)C=C[C@@]3(O)[C@H]1C5. The third kappa shape index (κ3) is 1.26. The average molecular weight is 306 g/mol. The molecule has 9 atom stereocenters. The minimum Gasteiger partial charge on any atom is -0.390 e. The number of quaternary nitrogens is 1. The first-order valence-corrected chi connectivity index (χ1v) is 8.60. The Labute approximate surface area is 129 Å². The van der Waals surface area contributed by atoms with Crippen molar-refractivity contribution in [1.82, 2.24) is 0 Å². The van der Waals surface area contributed by atoms with E-state index in [0.717, 1.165) is 32.2 Å². The summed E-state index contributed by atoms with van der Waals surface area (Å²) in [5.41, 5.74) is -1.49. The molecule has 0 amide bonds. The number of piperidine rings is 1. The van der Waals surface area contributed by atoms with Crippen LogP contribution in [0.4, 0.5) is 0 Å². The fourth-order valence-corrected chi connectivity index (χ4v) is 6.67. The molecule has 5 unspecified atom stereocenters. The first-order chi connectivity index (χ1) is 10.5. The lowest BCUT2D eigenvalue weighted by atomic mass is 9.44. The number of rotatable bonds is 0. The van der Waals surface area contributed by atoms with Gasteiger partial charge in [-0.05, 0) is 30.9 Å². The summed E-state index contributed by atoms with van der Waals surface area (Å²) in [5, 5.41) is 22.1. The molecular formula is C17H24NO4+. The van der Waals surface area contributed by atoms with E-state index in [2.05, 4.69) is 7.05 Å². The van der Waals surface area contributed by atoms with Crippen molar-refractivity contribution in [3.8, 4) is 0 Å². The van der Waals surface area contributed by atoms with Crippen molar-refractivity contribution in [2.45, 2.75) is 55.6 Å². The van der Waals surface area contributed by atoms with Gasteiger partial charge < -0.3 is 19.8 Å². The topological polar surface area (TPSA) is 71.2 Å². The summed E-state index contributed by atoms with van der Waals surface area (Å²) in [7, 11) is 2.15. The smallest absolute Gasteiger partial charge is 0.184 e. The van der Waals surface area contributed by atoms with Crippen LogP contribution in [0.1, 0.15) is 25.7 Å². The first-order valence-electron chi connectivity index (χ1n) is 8.60. The average Bonchev–Trinajstić information content (AvgIpc) is 2.85. The van der Waals surface area contributed by atoms with Crippen LogP contribution in [-0.4, -0.2) is 59.5 Å². The monoisotopic (exact) mass is 306 g/mol. The van der Waals surface area contributed by atoms with E-state index in [-0.39, 0.29) is 23.8 Å². The normalized spacial score (nSPS) is 62.0. The van der Waals surface area contributed by atoms with E-state index in [1.165, 1.54) is 11.0 Å². The molecule has 4 fully saturated rings. The molecule has 120 valence electrons. The minimum absolute atomic E-state index is 0.0229. The Hall–Kier alpha value is -0.750. The molecule has 2 bridgehead atoms. The quantitative estimate of drug-likeness (QED) is 0.520. The van der Waals surface area contributed by atoms with Gasteiger partial charge in [0.15, 0.2) is 5.78 Å². The maximum absolute atomic E-state index is 12.5. The molecule has 0 aromatic heterocycles. The summed E-state index contributed by atoms with van der Waals surface area (Å²) in [6.45, 7) is 0.958. The van der Waals surface area contributed by atoms with Crippen molar-refractivity contribution in [1.29, 1.82) is 0 Å². The molecular weight excluding hydrogens is 282 g/mol. The number of likely N-dealkylation sites (N-methyl/N-ethyl adjacent to an activating group) is 1. The van der Waals surface area contributed by atoms with Crippen LogP contribution in [-0.2, 0) is 9.53 Å². The Kier molecular flexibility index (Phi) is 2.49. The molecule has 1 spiro atoms. The number of nitrogens with one attached hydrogen (secondary N) is 1. The van der Waals surface area contributed by atoms with Crippen LogP contribution in [0.25, 0.3) is 0 Å². The van der Waals surface area contributed by atoms with Gasteiger partial charge in [-0.2, -0.15) is 0 Å². The summed E-state index contributed by atoms with van der Waals surface area (Å²) < 4.78 is 6.13. The van der Waals surface area contributed by atoms with Gasteiger partial charge in [0.2, 0.25) is 0 Å². The second-order valence-corrected chi connectivity index (χ2v) is 8.15. The van der Waals surface area contributed by atoms with Crippen LogP contribution in [0.5, 0.6) is 0 Å². The zero-order chi connectivity index (χ0) is 15.3. The Balaban J connectivity index is 1.75. The summed E-state index contributed by atoms with van der Waals surface area (Å²) in [4.78, 5) is 13.9. The Bertz CT molecular complexity index is 577. The van der Waals surface area contributed by atoms with E-state index < -0.39 is 23.2 Å². The number of likely N-dealkylation sites (tertiary alicyclic amines) is 1. The number of carbonyl (C=O) groups is 1. The summed E-state index contributed by atoms with van der Waals surface area (Å²) in [6.07, 6.45) is 5.45. The molecule has 0 aromatic rings. The van der Waals surface area contributed by atoms with Gasteiger partial charge >= 0.3 is 0 Å². The number of hydrogen-bond acceptors (Lipinski definition) is 4. The van der Waals surface area contributed by atoms with Crippen LogP contribution in [0.3, 0.4) is 0 Å². The molecule has 2 saturated carbocycles. The Morgan fingerprint density at radius 2 is 2.23 bits per heavy atom. The van der Waals surface area contributed by atoms with E-state index in [9.17, 15) is 15.0 Å². The molecule has 3 aliphatic carbocycles. The summed E-state index contributed by atoms with van der Waals surface area (Å²) >= 11 is 0. The fraction of sp³-hybridized carbons (Fsp3) is 0.824. The van der Waals surface area contributed by atoms with Crippen LogP contribution < -0.4 is 4.90 Å². The molecule has 22 heavy (non-hydrogen) atoms. The van der Waals surface area contributed by atoms with Crippen molar-refractivity contribution >= 4 is 5.78 Å². The van der Waals surface area contributed by atoms with Crippen LogP contribution >= 0.6 is 0 Å². The van der Waals surface area contributed by atoms with Crippen LogP contribution in [0, 0.1) is 17.3 Å². The number of ketones is 1. The summed E-state index contributed by atoms with van der Waals surface area (Å²) in [6, 6.07) is 0.131. The highest BCUT2D eigenvalue weighted by Crippen LogP contribution is 2.65. The number of carbonyl (C=O) groups excluding carboxylic acids is 1. The molecule has 0 aromatic carbocycles. The Morgan fingerprint density at radius 3 is 3.05 bits per heavy atom. The molecule has 2 saturated heterocycles. The lowest BCUT2D eigenvalue weighted by Crippen LogP contribution is -3.18. The zero-order valence-corrected chi connectivity index (χ0v) is 12.9. The van der Waals surface area contributed by atoms with E-state index >= 15 is 0 Å². The van der Waals surface area contributed by atoms with Crippen LogP contribution in [0.15, 0.2) is 12.2 Å². The first kappa shape index (κ1) is 13.7. The largest absolute Gasteiger partial charge is 0.390 e. The highest BCUT2D eigenvalue weighted by atomic mass is 16.5. The van der Waals surface area contributed by atoms with Crippen molar-refractivity contribution < 1.29 is 24.6 Å². The lowest BCUT2D eigenvalue weighted by molar-refractivity contribution is -0.926. The molecule has 5 rings (SSSR count). The van der Waals surface area contributed by atoms with E-state index in [4.69, 9.17) is 4.74 Å². The highest BCUT2D eigenvalue weighted by molar-refractivity contribution is 5.96. The third-order valence-corrected chi connectivity index (χ3v) is 7.53. The molecule has 5 heteroatoms. The number of hydrogen-bond donors (Lipinski definition) is 3. The van der Waals surface area contributed by atoms with Gasteiger partial charge in [0, 0.05) is 18.8 Å². The third-order valence-electron chi connectivity index (χ3n) is 7.53. The zero-order valence-electron chi connectivity index (χ0n) is 12.9. The number of aliphatic hydroxyl groups excluding tert-OH is 1. The highest BCUT2D eigenvalue weighted by Gasteiger charge is 2.78. The van der Waals surface area contributed by atoms with Gasteiger partial charge in [0.05, 0.1) is 31.2 Å². The second kappa shape index (κ2) is 4.01. The van der Waals surface area contributed by atoms with Crippen molar-refractivity contribution in [2.75, 3.05) is 13.6 Å². The minimum atomic E-state index is -0.971. The molecule has 5 aliphatic rings. The molecule has 0 radical (unpaired) electrons. The maximum atomic E-state index is 12.5. The van der Waals surface area contributed by atoms with E-state index in [1.807, 2.05) is 0 Å². The van der Waals surface area contributed by atoms with Crippen LogP contribution in [0.2, 0.25) is 0 Å². The van der Waals surface area contributed by atoms with Crippen molar-refractivity contribution in [2.24, 2.45) is 17.3 Å². The molecule has 3 N–H and O–H groups in total. The predicted molar refractivity (Wildman–Crippen MR) is 77.2 cm³/mol. The predicted octanol–water partition coefficient (Wildman–Crippen LogP) is -1.31. The van der Waals surface area contributed by atoms with Gasteiger partial charge in [-0.3, -0.25) is 4.79 Å². The van der Waals surface area contributed by atoms with Crippen molar-refractivity contribution in [3.63, 3.8) is 0 Å². The van der Waals surface area contributed by atoms with Gasteiger partial charge in [-0.15, -0.1) is 0 Å². The fourth-order valence-electron chi connectivity index (χ4n) is 6.67. The molecule has 5 nitrogen and oxygen atoms in total. The standard InChI is InChI=1S/C17H23NO4/c1-18-7-6-16-13-9-2-3-10(19)14(13)22-15(16)11(20)4-5-17(16,21)12(18)8-9/h4-5,9-10,12-15,19,21H,2-3,6-8H2,1H3/p+1/t9?,10?,12-,13?,14?,15+,16+,17-/m1/s1. The molecule has 2 heterocycles. The molecule has 2 aliphatic heterocycles. The van der Waals surface area contributed by atoms with Gasteiger partial charge in [0.1, 0.15) is 17.7 Å². The van der Waals surface area contributed by atoms with Gasteiger partial charge in [-0.25, -0.2) is 0 Å². The van der Waals surface area contributed by atoms with Gasteiger partial charge in [-0.1, -0.05) is 0 Å². The number of ether oxygens (including phenoxy) is 1. The van der Waals surface area contributed by atoms with Crippen molar-refractivity contribution in [3.05, 3.63) is 12.2 Å². The maximum Gasteiger partial charge on any atom is 0.184 e. The summed E-state index contributed by atoms with van der Waals surface area (Å²) in [5.74, 6) is 0.549. The lowest BCUT2D eigenvalue weighted by Gasteiger charge is -2.63. The van der Waals surface area contributed by atoms with E-state index in [1.54, 1.807) is 6.08 Å². The van der Waals surface area contributed by atoms with E-state index in [0.29, 0.717) is 5.92 Å². The Morgan fingerprint density at radius 1 is 1.41 bits per heavy atom. The number of aliphatic hydroxyl groups is 2. The second-order valence-electron chi connectivity index (χ2n) is 8.15.